The van der Waals surface area contributed by atoms with Crippen LogP contribution in [-0.2, 0) is 0 Å². The molecule has 0 saturated carbocycles. The molecule has 4 heterocycles. The molecule has 0 bridgehead atoms. The number of nitrogens with zero attached hydrogens (tertiary/aromatic N) is 4. The fourth-order valence-electron chi connectivity index (χ4n) is 3.85. The molecule has 0 atom stereocenters. The van der Waals surface area contributed by atoms with Crippen LogP contribution in [0.2, 0.25) is 0 Å². The van der Waals surface area contributed by atoms with E-state index in [-0.39, 0.29) is 0 Å². The third-order valence-electron chi connectivity index (χ3n) is 5.23. The summed E-state index contributed by atoms with van der Waals surface area (Å²) in [6, 6.07) is 14.9. The molecule has 0 N–H and O–H groups in total. The van der Waals surface area contributed by atoms with E-state index in [0.717, 1.165) is 32.0 Å². The molecule has 6 heteroatoms. The van der Waals surface area contributed by atoms with Gasteiger partial charge >= 0.3 is 0 Å². The molecule has 0 fully saturated rings. The van der Waals surface area contributed by atoms with E-state index in [0.29, 0.717) is 24.2 Å². The van der Waals surface area contributed by atoms with Crippen molar-refractivity contribution >= 4 is 55.6 Å². The van der Waals surface area contributed by atoms with Crippen LogP contribution in [0.5, 0.6) is 0 Å². The minimum Gasteiger partial charge on any atom is -0.287 e. The number of aliphatic imine (C=N–C) groups is 2. The Labute approximate surface area is 176 Å². The third-order valence-corrected chi connectivity index (χ3v) is 7.92. The highest BCUT2D eigenvalue weighted by Crippen LogP contribution is 2.50. The van der Waals surface area contributed by atoms with E-state index in [4.69, 9.17) is 0 Å². The fraction of sp³-hybridized carbons (Fsp3) is 0.130. The van der Waals surface area contributed by atoms with Gasteiger partial charge in [-0.15, -0.1) is 22.7 Å². The summed E-state index contributed by atoms with van der Waals surface area (Å²) in [6.07, 6.45) is 3.35. The van der Waals surface area contributed by atoms with E-state index in [2.05, 4.69) is 41.2 Å². The predicted molar refractivity (Wildman–Crippen MR) is 122 cm³/mol. The first-order valence-electron chi connectivity index (χ1n) is 9.11. The minimum atomic E-state index is 0.542. The molecule has 0 aliphatic carbocycles. The molecule has 138 valence electrons. The van der Waals surface area contributed by atoms with E-state index in [1.54, 1.807) is 35.1 Å². The van der Waals surface area contributed by atoms with Crippen molar-refractivity contribution in [1.29, 1.82) is 10.5 Å². The van der Waals surface area contributed by atoms with E-state index in [9.17, 15) is 10.5 Å². The number of hydrogen-bond acceptors (Lipinski definition) is 6. The first-order chi connectivity index (χ1) is 14.2. The monoisotopic (exact) mass is 410 g/mol. The van der Waals surface area contributed by atoms with Crippen LogP contribution >= 0.6 is 22.7 Å². The van der Waals surface area contributed by atoms with Crippen LogP contribution in [0, 0.1) is 29.6 Å². The molecule has 4 nitrogen and oxygen atoms in total. The maximum atomic E-state index is 9.54. The van der Waals surface area contributed by atoms with Gasteiger partial charge in [0, 0.05) is 44.3 Å². The van der Waals surface area contributed by atoms with Gasteiger partial charge in [0.1, 0.15) is 12.1 Å². The first kappa shape index (κ1) is 17.8. The van der Waals surface area contributed by atoms with Gasteiger partial charge in [-0.2, -0.15) is 10.5 Å². The Bertz CT molecular complexity index is 1370. The molecule has 2 aromatic heterocycles. The Hall–Kier alpha value is -3.32. The second-order valence-electron chi connectivity index (χ2n) is 6.84. The van der Waals surface area contributed by atoms with E-state index in [1.807, 2.05) is 18.2 Å². The summed E-state index contributed by atoms with van der Waals surface area (Å²) >= 11 is 3.44. The Morgan fingerprint density at radius 1 is 0.862 bits per heavy atom. The quantitative estimate of drug-likeness (QED) is 0.559. The van der Waals surface area contributed by atoms with Crippen LogP contribution in [0.25, 0.3) is 31.7 Å². The molecule has 5 rings (SSSR count). The van der Waals surface area contributed by atoms with Gasteiger partial charge in [0.25, 0.3) is 0 Å². The highest BCUT2D eigenvalue weighted by Gasteiger charge is 2.27. The van der Waals surface area contributed by atoms with Crippen LogP contribution in [-0.4, -0.2) is 25.5 Å². The summed E-state index contributed by atoms with van der Waals surface area (Å²) in [5.74, 6) is 0. The van der Waals surface area contributed by atoms with Crippen LogP contribution in [0.15, 0.2) is 51.5 Å². The maximum Gasteiger partial charge on any atom is 0.101 e. The van der Waals surface area contributed by atoms with E-state index in [1.165, 1.54) is 15.0 Å². The molecule has 2 aliphatic heterocycles. The lowest BCUT2D eigenvalue weighted by Gasteiger charge is -2.08. The largest absolute Gasteiger partial charge is 0.287 e. The maximum absolute atomic E-state index is 9.54. The van der Waals surface area contributed by atoms with Crippen molar-refractivity contribution in [1.82, 2.24) is 0 Å². The zero-order chi connectivity index (χ0) is 20.0. The van der Waals surface area contributed by atoms with Gasteiger partial charge in [0.15, 0.2) is 0 Å². The van der Waals surface area contributed by atoms with Crippen molar-refractivity contribution in [3.05, 3.63) is 56.8 Å². The highest BCUT2D eigenvalue weighted by molar-refractivity contribution is 7.39. The number of thiophene rings is 2. The topological polar surface area (TPSA) is 72.3 Å². The van der Waals surface area contributed by atoms with Crippen molar-refractivity contribution < 1.29 is 0 Å². The number of benzene rings is 1. The standard InChI is InChI=1S/C23H14N4S2/c1-13-19-20(14-5-3-2-4-6-14)22(18-12-27-10-16(18)8-25)29-23(19)28-21(13)17-11-26-9-15(17)7-24/h2-6,9-10H,11-12H2,1H3. The van der Waals surface area contributed by atoms with E-state index >= 15 is 0 Å². The van der Waals surface area contributed by atoms with Gasteiger partial charge in [-0.25, -0.2) is 0 Å². The molecule has 2 aliphatic rings. The number of fused-ring (bicyclic) bond motifs is 1. The summed E-state index contributed by atoms with van der Waals surface area (Å²) in [4.78, 5) is 10.9. The lowest BCUT2D eigenvalue weighted by molar-refractivity contribution is 1.30. The van der Waals surface area contributed by atoms with Gasteiger partial charge in [-0.1, -0.05) is 30.3 Å². The number of allylic oxidation sites excluding steroid dienone is 2. The molecule has 0 radical (unpaired) electrons. The fourth-order valence-corrected chi connectivity index (χ4v) is 6.77. The lowest BCUT2D eigenvalue weighted by atomic mass is 9.96. The molecule has 0 amide bonds. The van der Waals surface area contributed by atoms with Gasteiger partial charge in [-0.3, -0.25) is 9.98 Å². The summed E-state index contributed by atoms with van der Waals surface area (Å²) in [7, 11) is 0. The van der Waals surface area contributed by atoms with Gasteiger partial charge < -0.3 is 0 Å². The summed E-state index contributed by atoms with van der Waals surface area (Å²) in [5, 5.41) is 20.2. The lowest BCUT2D eigenvalue weighted by Crippen LogP contribution is -1.91. The van der Waals surface area contributed by atoms with Gasteiger partial charge in [-0.05, 0) is 18.1 Å². The molecule has 29 heavy (non-hydrogen) atoms. The average molecular weight is 411 g/mol. The van der Waals surface area contributed by atoms with Crippen molar-refractivity contribution in [3.8, 4) is 23.3 Å². The number of hydrogen-bond donors (Lipinski definition) is 0. The number of aryl methyl sites for hydroxylation is 1. The van der Waals surface area contributed by atoms with Crippen LogP contribution < -0.4 is 0 Å². The first-order valence-corrected chi connectivity index (χ1v) is 10.7. The van der Waals surface area contributed by atoms with Gasteiger partial charge in [0.2, 0.25) is 0 Å². The zero-order valence-corrected chi connectivity index (χ0v) is 17.2. The minimum absolute atomic E-state index is 0.542. The number of nitriles is 2. The number of rotatable bonds is 3. The van der Waals surface area contributed by atoms with Crippen LogP contribution in [0.1, 0.15) is 15.3 Å². The Morgan fingerprint density at radius 2 is 1.45 bits per heavy atom. The van der Waals surface area contributed by atoms with E-state index < -0.39 is 0 Å². The zero-order valence-electron chi connectivity index (χ0n) is 15.6. The average Bonchev–Trinajstić information content (AvgIpc) is 3.52. The summed E-state index contributed by atoms with van der Waals surface area (Å²) in [5.41, 5.74) is 6.79. The Kier molecular flexibility index (Phi) is 4.24. The van der Waals surface area contributed by atoms with Crippen molar-refractivity contribution in [3.63, 3.8) is 0 Å². The normalized spacial score (nSPS) is 15.6. The second-order valence-corrected chi connectivity index (χ2v) is 9.14. The Balaban J connectivity index is 1.81. The summed E-state index contributed by atoms with van der Waals surface area (Å²) < 4.78 is 1.21. The van der Waals surface area contributed by atoms with Crippen molar-refractivity contribution in [2.45, 2.75) is 6.92 Å². The SMILES string of the molecule is Cc1c(C2=C(C#N)C=NC2)sc2sc(C3=C(C#N)C=NC3)c(-c3ccccc3)c12. The molecule has 3 aromatic rings. The molecule has 0 spiro atoms. The molecule has 0 unspecified atom stereocenters. The smallest absolute Gasteiger partial charge is 0.101 e. The summed E-state index contributed by atoms with van der Waals surface area (Å²) in [6.45, 7) is 3.23. The highest BCUT2D eigenvalue weighted by atomic mass is 32.2. The second kappa shape index (κ2) is 6.93. The molecule has 0 saturated heterocycles. The molecular weight excluding hydrogens is 396 g/mol. The Morgan fingerprint density at radius 3 is 2.07 bits per heavy atom. The van der Waals surface area contributed by atoms with Crippen LogP contribution in [0.3, 0.4) is 0 Å². The molecular formula is C23H14N4S2. The predicted octanol–water partition coefficient (Wildman–Crippen LogP) is 5.66. The molecule has 1 aromatic carbocycles. The van der Waals surface area contributed by atoms with Gasteiger partial charge in [0.05, 0.1) is 28.2 Å². The third kappa shape index (κ3) is 2.69. The van der Waals surface area contributed by atoms with Crippen molar-refractivity contribution in [2.75, 3.05) is 13.1 Å². The van der Waals surface area contributed by atoms with Crippen molar-refractivity contribution in [2.24, 2.45) is 9.98 Å². The van der Waals surface area contributed by atoms with Crippen LogP contribution in [0.4, 0.5) is 0 Å².